The van der Waals surface area contributed by atoms with Crippen molar-refractivity contribution in [2.75, 3.05) is 24.5 Å². The van der Waals surface area contributed by atoms with Gasteiger partial charge in [-0.15, -0.1) is 10.2 Å². The van der Waals surface area contributed by atoms with Crippen molar-refractivity contribution in [3.05, 3.63) is 27.5 Å². The minimum Gasteiger partial charge on any atom is -0.354 e. The van der Waals surface area contributed by atoms with Crippen LogP contribution in [-0.4, -0.2) is 75.5 Å². The minimum absolute atomic E-state index is 0.00105. The van der Waals surface area contributed by atoms with Crippen LogP contribution in [0.25, 0.3) is 21.5 Å². The molecule has 1 N–H and O–H groups in total. The van der Waals surface area contributed by atoms with E-state index in [9.17, 15) is 31.6 Å². The standard InChI is InChI=1S/C26H30F2N7O5S2/c1-13(2)20(36)25(38)35-9-8-34(12-14(35)3)17-11-15(42(39,40)32-26(4)6-7-26)10-16-18(17)24(37)33(5)31-19(16)22-29-30-23(41-22)21(27)28/h10-11,13,21,32H,6-9,12H2,1-5H3/q+1. The molecule has 2 aliphatic rings. The molecule has 5 rings (SSSR count). The zero-order valence-electron chi connectivity index (χ0n) is 23.6. The second kappa shape index (κ2) is 10.6. The summed E-state index contributed by atoms with van der Waals surface area (Å²) in [7, 11) is -2.68. The molecule has 0 bridgehead atoms. The fourth-order valence-corrected chi connectivity index (χ4v) is 7.00. The van der Waals surface area contributed by atoms with Gasteiger partial charge in [-0.2, -0.15) is 9.67 Å². The van der Waals surface area contributed by atoms with Crippen molar-refractivity contribution in [2.24, 2.45) is 13.0 Å². The maximum absolute atomic E-state index is 13.6. The minimum atomic E-state index is -4.08. The molecule has 12 nitrogen and oxygen atoms in total. The number of hydrogen-bond donors (Lipinski definition) is 1. The zero-order valence-corrected chi connectivity index (χ0v) is 25.3. The largest absolute Gasteiger partial charge is 0.455 e. The lowest BCUT2D eigenvalue weighted by Gasteiger charge is -2.28. The zero-order chi connectivity index (χ0) is 30.7. The van der Waals surface area contributed by atoms with E-state index in [2.05, 4.69) is 20.0 Å². The van der Waals surface area contributed by atoms with Gasteiger partial charge >= 0.3 is 5.91 Å². The average molecular weight is 623 g/mol. The van der Waals surface area contributed by atoms with Crippen molar-refractivity contribution >= 4 is 55.2 Å². The van der Waals surface area contributed by atoms with Gasteiger partial charge in [-0.25, -0.2) is 31.4 Å². The van der Waals surface area contributed by atoms with Gasteiger partial charge in [0.25, 0.3) is 17.8 Å². The summed E-state index contributed by atoms with van der Waals surface area (Å²) in [4.78, 5) is 40.4. The number of carbonyl (C=O) groups excluding carboxylic acids is 2. The quantitative estimate of drug-likeness (QED) is 0.295. The van der Waals surface area contributed by atoms with Gasteiger partial charge in [0, 0.05) is 30.8 Å². The van der Waals surface area contributed by atoms with E-state index in [0.717, 1.165) is 4.68 Å². The van der Waals surface area contributed by atoms with Crippen molar-refractivity contribution in [1.29, 1.82) is 0 Å². The summed E-state index contributed by atoms with van der Waals surface area (Å²) in [5.41, 5.74) is -0.295. The molecular formula is C26H30F2N7O5S2+. The molecule has 1 aromatic carbocycles. The van der Waals surface area contributed by atoms with Gasteiger partial charge in [0.2, 0.25) is 10.0 Å². The molecule has 1 amide bonds. The molecule has 0 unspecified atom stereocenters. The highest BCUT2D eigenvalue weighted by Crippen LogP contribution is 2.39. The van der Waals surface area contributed by atoms with Crippen LogP contribution < -0.4 is 15.2 Å². The lowest BCUT2D eigenvalue weighted by Crippen LogP contribution is -2.48. The topological polar surface area (TPSA) is 147 Å². The number of carbonyl (C=O) groups is 2. The third kappa shape index (κ3) is 5.49. The van der Waals surface area contributed by atoms with Crippen molar-refractivity contribution in [3.8, 4) is 10.7 Å². The molecule has 0 spiro atoms. The van der Waals surface area contributed by atoms with E-state index in [-0.39, 0.29) is 51.7 Å². The predicted octanol–water partition coefficient (Wildman–Crippen LogP) is 2.27. The Morgan fingerprint density at radius 2 is 1.88 bits per heavy atom. The molecule has 0 atom stereocenters. The summed E-state index contributed by atoms with van der Waals surface area (Å²) in [6.07, 6.45) is -1.54. The van der Waals surface area contributed by atoms with E-state index >= 15 is 0 Å². The first kappa shape index (κ1) is 30.0. The Labute approximate surface area is 244 Å². The van der Waals surface area contributed by atoms with E-state index < -0.39 is 50.2 Å². The molecular weight excluding hydrogens is 592 g/mol. The van der Waals surface area contributed by atoms with E-state index in [1.54, 1.807) is 32.6 Å². The van der Waals surface area contributed by atoms with Gasteiger partial charge in [-0.1, -0.05) is 25.2 Å². The van der Waals surface area contributed by atoms with Crippen LogP contribution in [0.2, 0.25) is 0 Å². The number of nitrogens with zero attached hydrogens (tertiary/aromatic N) is 6. The summed E-state index contributed by atoms with van der Waals surface area (Å²) < 4.78 is 58.9. The third-order valence-electron chi connectivity index (χ3n) is 7.42. The fourth-order valence-electron chi connectivity index (χ4n) is 4.79. The van der Waals surface area contributed by atoms with Gasteiger partial charge in [0.1, 0.15) is 5.69 Å². The highest BCUT2D eigenvalue weighted by Gasteiger charge is 2.42. The molecule has 42 heavy (non-hydrogen) atoms. The number of benzene rings is 1. The highest BCUT2D eigenvalue weighted by molar-refractivity contribution is 7.89. The van der Waals surface area contributed by atoms with Gasteiger partial charge in [-0.3, -0.25) is 9.59 Å². The van der Waals surface area contributed by atoms with Crippen LogP contribution in [0.3, 0.4) is 0 Å². The van der Waals surface area contributed by atoms with Crippen LogP contribution in [-0.2, 0) is 26.7 Å². The van der Waals surface area contributed by atoms with E-state index in [4.69, 9.17) is 0 Å². The number of fused-ring (bicyclic) bond motifs is 1. The number of nitrogens with one attached hydrogen (secondary N) is 1. The van der Waals surface area contributed by atoms with Gasteiger partial charge < -0.3 is 4.90 Å². The van der Waals surface area contributed by atoms with Crippen LogP contribution in [0.1, 0.15) is 52.0 Å². The Balaban J connectivity index is 1.72. The number of aryl methyl sites for hydroxylation is 1. The molecule has 1 saturated carbocycles. The molecule has 16 heteroatoms. The lowest BCUT2D eigenvalue weighted by molar-refractivity contribution is -0.445. The van der Waals surface area contributed by atoms with Crippen LogP contribution in [0.4, 0.5) is 14.5 Å². The normalized spacial score (nSPS) is 17.0. The number of alkyl halides is 2. The molecule has 1 aliphatic heterocycles. The van der Waals surface area contributed by atoms with E-state index in [0.29, 0.717) is 29.9 Å². The van der Waals surface area contributed by atoms with Crippen molar-refractivity contribution in [2.45, 2.75) is 57.4 Å². The van der Waals surface area contributed by atoms with Gasteiger partial charge in [-0.05, 0) is 31.9 Å². The molecule has 2 aromatic heterocycles. The fraction of sp³-hybridized carbons (Fsp3) is 0.500. The number of aromatic nitrogens is 4. The van der Waals surface area contributed by atoms with Gasteiger partial charge in [0.05, 0.1) is 29.1 Å². The average Bonchev–Trinajstić information content (AvgIpc) is 3.42. The predicted molar refractivity (Wildman–Crippen MR) is 152 cm³/mol. The Morgan fingerprint density at radius 1 is 1.19 bits per heavy atom. The Kier molecular flexibility index (Phi) is 7.60. The van der Waals surface area contributed by atoms with E-state index in [1.165, 1.54) is 23.8 Å². The maximum atomic E-state index is 13.6. The number of ketones is 1. The number of sulfonamides is 1. The molecule has 3 heterocycles. The third-order valence-corrected chi connectivity index (χ3v) is 9.98. The smallest absolute Gasteiger partial charge is 0.354 e. The molecule has 1 aliphatic carbocycles. The van der Waals surface area contributed by atoms with Crippen molar-refractivity contribution in [1.82, 2.24) is 24.7 Å². The lowest BCUT2D eigenvalue weighted by atomic mass is 10.1. The summed E-state index contributed by atoms with van der Waals surface area (Å²) in [5.74, 6) is -1.63. The summed E-state index contributed by atoms with van der Waals surface area (Å²) in [5, 5.41) is 11.3. The highest BCUT2D eigenvalue weighted by atomic mass is 32.2. The molecule has 1 fully saturated rings. The summed E-state index contributed by atoms with van der Waals surface area (Å²) in [6, 6.07) is 2.70. The molecule has 0 radical (unpaired) electrons. The number of hydrogen-bond acceptors (Lipinski definition) is 10. The number of halogens is 2. The first-order valence-electron chi connectivity index (χ1n) is 13.3. The van der Waals surface area contributed by atoms with Crippen LogP contribution in [0.5, 0.6) is 0 Å². The van der Waals surface area contributed by atoms with Crippen molar-refractivity contribution in [3.63, 3.8) is 0 Å². The molecule has 224 valence electrons. The van der Waals surface area contributed by atoms with Crippen molar-refractivity contribution < 1.29 is 31.4 Å². The van der Waals surface area contributed by atoms with Crippen LogP contribution in [0.15, 0.2) is 21.8 Å². The van der Waals surface area contributed by atoms with Crippen LogP contribution in [0, 0.1) is 5.92 Å². The SMILES string of the molecule is CC1=[N+](C(=O)C(=O)C(C)C)CCN(c2cc(S(=O)(=O)NC3(C)CC3)cc3c(-c4nnc(C(F)F)s4)nn(C)c(=O)c23)C1. The first-order valence-corrected chi connectivity index (χ1v) is 15.6. The number of anilines is 1. The maximum Gasteiger partial charge on any atom is 0.455 e. The van der Waals surface area contributed by atoms with Gasteiger partial charge in [0.15, 0.2) is 22.3 Å². The molecule has 0 saturated heterocycles. The summed E-state index contributed by atoms with van der Waals surface area (Å²) in [6.45, 7) is 7.20. The number of amides is 1. The Hall–Kier alpha value is -3.50. The number of Topliss-reactive ketones (excluding diaryl/α,β-unsaturated/α-hetero) is 1. The Morgan fingerprint density at radius 3 is 2.45 bits per heavy atom. The summed E-state index contributed by atoms with van der Waals surface area (Å²) >= 11 is 0.598. The second-order valence-corrected chi connectivity index (χ2v) is 13.9. The monoisotopic (exact) mass is 622 g/mol. The van der Waals surface area contributed by atoms with E-state index in [1.807, 2.05) is 0 Å². The Bertz CT molecular complexity index is 1830. The second-order valence-electron chi connectivity index (χ2n) is 11.2. The number of rotatable bonds is 8. The van der Waals surface area contributed by atoms with Crippen LogP contribution >= 0.6 is 11.3 Å². The molecule has 3 aromatic rings. The first-order chi connectivity index (χ1) is 19.6.